The zero-order valence-corrected chi connectivity index (χ0v) is 9.10. The molecule has 1 amide bonds. The van der Waals surface area contributed by atoms with Crippen molar-refractivity contribution in [2.75, 3.05) is 6.61 Å². The highest BCUT2D eigenvalue weighted by atomic mass is 19.1. The number of aliphatic hydroxyl groups excluding tert-OH is 3. The van der Waals surface area contributed by atoms with Crippen LogP contribution in [0.2, 0.25) is 0 Å². The molecule has 5 N–H and O–H groups in total. The molecule has 1 fully saturated rings. The minimum atomic E-state index is -1.51. The molecule has 100 valence electrons. The van der Waals surface area contributed by atoms with E-state index in [4.69, 9.17) is 15.6 Å². The second-order valence-electron chi connectivity index (χ2n) is 3.88. The fourth-order valence-electron chi connectivity index (χ4n) is 1.86. The van der Waals surface area contributed by atoms with Gasteiger partial charge in [0.1, 0.15) is 24.0 Å². The largest absolute Gasteiger partial charge is 0.394 e. The fraction of sp³-hybridized carbons (Fsp3) is 0.556. The molecule has 1 aliphatic heterocycles. The molecule has 0 bridgehead atoms. The lowest BCUT2D eigenvalue weighted by molar-refractivity contribution is -0.0583. The predicted octanol–water partition coefficient (Wildman–Crippen LogP) is -2.27. The molecule has 1 saturated heterocycles. The van der Waals surface area contributed by atoms with E-state index in [0.29, 0.717) is 4.57 Å². The summed E-state index contributed by atoms with van der Waals surface area (Å²) in [5.74, 6) is -0.955. The van der Waals surface area contributed by atoms with Gasteiger partial charge in [0.15, 0.2) is 6.23 Å². The van der Waals surface area contributed by atoms with Gasteiger partial charge in [0.25, 0.3) is 12.0 Å². The number of hydrogen-bond donors (Lipinski definition) is 4. The number of ether oxygens (including phenoxy) is 1. The molecule has 4 atom stereocenters. The number of rotatable bonds is 3. The van der Waals surface area contributed by atoms with Crippen LogP contribution in [0.4, 0.5) is 4.39 Å². The summed E-state index contributed by atoms with van der Waals surface area (Å²) >= 11 is 0. The Morgan fingerprint density at radius 1 is 1.56 bits per heavy atom. The van der Waals surface area contributed by atoms with Crippen LogP contribution in [0.5, 0.6) is 0 Å². The molecule has 0 radical (unpaired) electrons. The molecule has 9 heteroatoms. The van der Waals surface area contributed by atoms with Crippen molar-refractivity contribution < 1.29 is 29.2 Å². The maximum absolute atomic E-state index is 13.5. The van der Waals surface area contributed by atoms with Crippen molar-refractivity contribution in [2.45, 2.75) is 24.5 Å². The Morgan fingerprint density at radius 3 is 2.72 bits per heavy atom. The highest BCUT2D eigenvalue weighted by molar-refractivity contribution is 5.90. The molecule has 1 aromatic rings. The lowest BCUT2D eigenvalue weighted by Gasteiger charge is -2.18. The van der Waals surface area contributed by atoms with E-state index in [1.807, 2.05) is 0 Å². The van der Waals surface area contributed by atoms with Gasteiger partial charge < -0.3 is 25.8 Å². The zero-order chi connectivity index (χ0) is 13.4. The average Bonchev–Trinajstić information content (AvgIpc) is 2.82. The summed E-state index contributed by atoms with van der Waals surface area (Å²) in [6.45, 7) is -0.559. The van der Waals surface area contributed by atoms with E-state index in [-0.39, 0.29) is 5.69 Å². The van der Waals surface area contributed by atoms with Crippen LogP contribution < -0.4 is 5.73 Å². The van der Waals surface area contributed by atoms with Gasteiger partial charge in [-0.05, 0) is 0 Å². The maximum atomic E-state index is 13.5. The van der Waals surface area contributed by atoms with Gasteiger partial charge in [-0.3, -0.25) is 9.36 Å². The van der Waals surface area contributed by atoms with Crippen LogP contribution in [-0.2, 0) is 4.74 Å². The Labute approximate surface area is 100 Å². The summed E-state index contributed by atoms with van der Waals surface area (Å²) in [7, 11) is 0. The number of amides is 1. The van der Waals surface area contributed by atoms with Crippen LogP contribution in [0, 0.1) is 6.08 Å². The minimum Gasteiger partial charge on any atom is -0.394 e. The van der Waals surface area contributed by atoms with Crippen molar-refractivity contribution in [3.63, 3.8) is 0 Å². The molecule has 0 aromatic carbocycles. The molecule has 0 aliphatic carbocycles. The molecule has 18 heavy (non-hydrogen) atoms. The Morgan fingerprint density at radius 2 is 2.22 bits per heavy atom. The molecule has 1 aliphatic rings. The second-order valence-corrected chi connectivity index (χ2v) is 3.88. The van der Waals surface area contributed by atoms with Crippen LogP contribution in [0.15, 0.2) is 6.20 Å². The van der Waals surface area contributed by atoms with Crippen LogP contribution in [0.1, 0.15) is 16.7 Å². The van der Waals surface area contributed by atoms with Crippen LogP contribution >= 0.6 is 0 Å². The van der Waals surface area contributed by atoms with E-state index >= 15 is 0 Å². The lowest BCUT2D eigenvalue weighted by Crippen LogP contribution is -2.34. The van der Waals surface area contributed by atoms with Gasteiger partial charge in [-0.2, -0.15) is 4.39 Å². The van der Waals surface area contributed by atoms with Gasteiger partial charge in [-0.15, -0.1) is 0 Å². The van der Waals surface area contributed by atoms with E-state index in [9.17, 15) is 19.4 Å². The molecule has 1 aromatic heterocycles. The van der Waals surface area contributed by atoms with Gasteiger partial charge in [0, 0.05) is 0 Å². The number of aliphatic hydroxyl groups is 3. The van der Waals surface area contributed by atoms with Crippen molar-refractivity contribution in [3.05, 3.63) is 18.0 Å². The quantitative estimate of drug-likeness (QED) is 0.485. The number of nitrogens with two attached hydrogens (primary N) is 1. The Balaban J connectivity index is 2.38. The SMILES string of the molecule is NC(=O)c1cnc(F)n1C1O[C@H](CO)[C@@H](O)[C@H]1O. The summed E-state index contributed by atoms with van der Waals surface area (Å²) in [6, 6.07) is 0. The topological polar surface area (TPSA) is 131 Å². The molecule has 0 saturated carbocycles. The van der Waals surface area contributed by atoms with E-state index < -0.39 is 43.1 Å². The summed E-state index contributed by atoms with van der Waals surface area (Å²) in [5.41, 5.74) is 4.72. The number of aromatic nitrogens is 2. The van der Waals surface area contributed by atoms with E-state index in [2.05, 4.69) is 4.98 Å². The molecule has 2 rings (SSSR count). The Kier molecular flexibility index (Phi) is 3.30. The van der Waals surface area contributed by atoms with E-state index in [0.717, 1.165) is 6.20 Å². The van der Waals surface area contributed by atoms with Gasteiger partial charge in [0.05, 0.1) is 12.8 Å². The van der Waals surface area contributed by atoms with E-state index in [1.165, 1.54) is 0 Å². The number of hydrogen-bond acceptors (Lipinski definition) is 6. The van der Waals surface area contributed by atoms with Crippen molar-refractivity contribution in [2.24, 2.45) is 5.73 Å². The van der Waals surface area contributed by atoms with E-state index in [1.54, 1.807) is 0 Å². The first kappa shape index (κ1) is 12.9. The van der Waals surface area contributed by atoms with Gasteiger partial charge >= 0.3 is 0 Å². The third-order valence-corrected chi connectivity index (χ3v) is 2.78. The molecule has 8 nitrogen and oxygen atoms in total. The first-order valence-electron chi connectivity index (χ1n) is 5.12. The molecule has 1 unspecified atom stereocenters. The standard InChI is InChI=1S/C9H12FN3O5/c10-9-12-1-3(7(11)17)13(9)8-6(16)5(15)4(2-14)18-8/h1,4-6,8,14-16H,2H2,(H2,11,17)/t4-,5-,6-,8?/m1/s1. The first-order chi connectivity index (χ1) is 8.47. The third kappa shape index (κ3) is 1.86. The Bertz CT molecular complexity index is 465. The van der Waals surface area contributed by atoms with Gasteiger partial charge in [0.2, 0.25) is 0 Å². The third-order valence-electron chi connectivity index (χ3n) is 2.78. The van der Waals surface area contributed by atoms with Crippen molar-refractivity contribution in [3.8, 4) is 0 Å². The van der Waals surface area contributed by atoms with Crippen molar-refractivity contribution >= 4 is 5.91 Å². The van der Waals surface area contributed by atoms with Gasteiger partial charge in [-0.1, -0.05) is 0 Å². The summed E-state index contributed by atoms with van der Waals surface area (Å²) in [6.07, 6.45) is -5.55. The van der Waals surface area contributed by atoms with Crippen LogP contribution in [-0.4, -0.2) is 55.7 Å². The van der Waals surface area contributed by atoms with Crippen LogP contribution in [0.3, 0.4) is 0 Å². The number of halogens is 1. The number of primary amides is 1. The zero-order valence-electron chi connectivity index (χ0n) is 9.10. The number of carbonyl (C=O) groups excluding carboxylic acids is 1. The lowest BCUT2D eigenvalue weighted by atomic mass is 10.1. The van der Waals surface area contributed by atoms with Crippen molar-refractivity contribution in [1.82, 2.24) is 9.55 Å². The molecule has 2 heterocycles. The summed E-state index contributed by atoms with van der Waals surface area (Å²) in [4.78, 5) is 14.3. The average molecular weight is 261 g/mol. The smallest absolute Gasteiger partial charge is 0.292 e. The highest BCUT2D eigenvalue weighted by Gasteiger charge is 2.45. The molecule has 0 spiro atoms. The van der Waals surface area contributed by atoms with Crippen LogP contribution in [0.25, 0.3) is 0 Å². The number of carbonyl (C=O) groups is 1. The second kappa shape index (κ2) is 4.61. The van der Waals surface area contributed by atoms with Crippen molar-refractivity contribution in [1.29, 1.82) is 0 Å². The summed E-state index contributed by atoms with van der Waals surface area (Å²) < 4.78 is 19.2. The summed E-state index contributed by atoms with van der Waals surface area (Å²) in [5, 5.41) is 28.2. The number of imidazole rings is 1. The first-order valence-corrected chi connectivity index (χ1v) is 5.12. The minimum absolute atomic E-state index is 0.303. The molecular weight excluding hydrogens is 249 g/mol. The fourth-order valence-corrected chi connectivity index (χ4v) is 1.86. The molecular formula is C9H12FN3O5. The van der Waals surface area contributed by atoms with Gasteiger partial charge in [-0.25, -0.2) is 4.98 Å². The maximum Gasteiger partial charge on any atom is 0.292 e. The number of nitrogens with zero attached hydrogens (tertiary/aromatic N) is 2. The Hall–Kier alpha value is -1.55. The highest BCUT2D eigenvalue weighted by Crippen LogP contribution is 2.30. The predicted molar refractivity (Wildman–Crippen MR) is 53.7 cm³/mol. The monoisotopic (exact) mass is 261 g/mol. The normalized spacial score (nSPS) is 31.8.